The van der Waals surface area contributed by atoms with Crippen LogP contribution < -0.4 is 10.3 Å². The minimum atomic E-state index is -3.90. The third-order valence-corrected chi connectivity index (χ3v) is 9.25. The molecule has 15 heteroatoms. The topological polar surface area (TPSA) is 165 Å². The molecule has 1 fully saturated rings. The maximum Gasteiger partial charge on any atom is 0.294 e. The molecule has 0 unspecified atom stereocenters. The van der Waals surface area contributed by atoms with Crippen molar-refractivity contribution in [2.75, 3.05) is 53.0 Å². The zero-order chi connectivity index (χ0) is 31.1. The average Bonchev–Trinajstić information content (AvgIpc) is 3.29. The Morgan fingerprint density at radius 1 is 1.14 bits per heavy atom. The number of aryl methyl sites for hydroxylation is 2. The second kappa shape index (κ2) is 14.1. The molecule has 0 saturated carbocycles. The lowest BCUT2D eigenvalue weighted by Crippen LogP contribution is -2.49. The number of nitrogens with one attached hydrogen (secondary N) is 1. The first-order valence-electron chi connectivity index (χ1n) is 14.5. The van der Waals surface area contributed by atoms with Crippen LogP contribution in [0.15, 0.2) is 32.9 Å². The highest BCUT2D eigenvalue weighted by atomic mass is 32.2. The third kappa shape index (κ3) is 6.89. The summed E-state index contributed by atoms with van der Waals surface area (Å²) in [4.78, 5) is 42.3. The molecule has 0 bridgehead atoms. The van der Waals surface area contributed by atoms with Crippen LogP contribution >= 0.6 is 0 Å². The van der Waals surface area contributed by atoms with Crippen LogP contribution in [0.25, 0.3) is 22.4 Å². The van der Waals surface area contributed by atoms with Gasteiger partial charge in [0.05, 0.1) is 22.8 Å². The Hall–Kier alpha value is -3.82. The highest BCUT2D eigenvalue weighted by Crippen LogP contribution is 2.33. The Kier molecular flexibility index (Phi) is 10.5. The number of benzene rings is 1. The van der Waals surface area contributed by atoms with Gasteiger partial charge >= 0.3 is 0 Å². The molecule has 1 aliphatic heterocycles. The summed E-state index contributed by atoms with van der Waals surface area (Å²) in [5.74, 6) is 0.642. The fourth-order valence-corrected chi connectivity index (χ4v) is 6.78. The van der Waals surface area contributed by atoms with Crippen molar-refractivity contribution >= 4 is 27.3 Å². The molecule has 43 heavy (non-hydrogen) atoms. The summed E-state index contributed by atoms with van der Waals surface area (Å²) in [6, 6.07) is 4.61. The number of H-pyrrole nitrogens is 1. The Labute approximate surface area is 250 Å². The van der Waals surface area contributed by atoms with Gasteiger partial charge in [0.25, 0.3) is 10.6 Å². The second-order valence-corrected chi connectivity index (χ2v) is 12.1. The van der Waals surface area contributed by atoms with Crippen molar-refractivity contribution in [1.82, 2.24) is 23.7 Å². The summed E-state index contributed by atoms with van der Waals surface area (Å²) in [5.41, 5.74) is 2.80. The number of aromatic nitrogens is 3. The van der Waals surface area contributed by atoms with E-state index in [0.717, 1.165) is 24.1 Å². The molecule has 3 aromatic rings. The maximum atomic E-state index is 13.7. The van der Waals surface area contributed by atoms with Crippen LogP contribution in [0.2, 0.25) is 0 Å². The van der Waals surface area contributed by atoms with Gasteiger partial charge in [-0.3, -0.25) is 14.7 Å². The van der Waals surface area contributed by atoms with Gasteiger partial charge in [0.1, 0.15) is 29.2 Å². The smallest absolute Gasteiger partial charge is 0.294 e. The predicted octanol–water partition coefficient (Wildman–Crippen LogP) is 2.72. The number of piperazine rings is 1. The van der Waals surface area contributed by atoms with Crippen molar-refractivity contribution < 1.29 is 23.1 Å². The van der Waals surface area contributed by atoms with Crippen LogP contribution in [0.4, 0.5) is 0 Å². The fourth-order valence-electron chi connectivity index (χ4n) is 5.33. The lowest BCUT2D eigenvalue weighted by atomic mass is 10.1. The standard InChI is InChI=1S/C28H39N7O7S/c1-5-8-21-23(19-29-4)34(7-3)26-25(21)30-27(31-28(26)36)22-18-20(9-10-24(22)41-16-6-2)43(39,40)33-13-11-32(12-14-33)15-17-42-35(37)38/h9-10,18-19H,5-8,11-17H2,1-4H3,(H,30,31,36). The first-order valence-corrected chi connectivity index (χ1v) is 15.9. The van der Waals surface area contributed by atoms with E-state index in [2.05, 4.69) is 21.7 Å². The molecule has 0 amide bonds. The molecule has 3 heterocycles. The van der Waals surface area contributed by atoms with Gasteiger partial charge in [0.15, 0.2) is 0 Å². The van der Waals surface area contributed by atoms with Crippen molar-refractivity contribution in [3.8, 4) is 17.1 Å². The first-order chi connectivity index (χ1) is 20.7. The lowest BCUT2D eigenvalue weighted by Gasteiger charge is -2.33. The zero-order valence-electron chi connectivity index (χ0n) is 25.0. The maximum absolute atomic E-state index is 13.7. The third-order valence-electron chi connectivity index (χ3n) is 7.36. The van der Waals surface area contributed by atoms with Crippen LogP contribution in [-0.4, -0.2) is 96.4 Å². The number of sulfonamides is 1. The van der Waals surface area contributed by atoms with E-state index >= 15 is 0 Å². The molecular formula is C28H39N7O7S. The van der Waals surface area contributed by atoms with E-state index in [1.54, 1.807) is 19.3 Å². The van der Waals surface area contributed by atoms with E-state index in [1.807, 2.05) is 23.3 Å². The number of rotatable bonds is 14. The Balaban J connectivity index is 1.75. The fraction of sp³-hybridized carbons (Fsp3) is 0.536. The zero-order valence-corrected chi connectivity index (χ0v) is 25.9. The Morgan fingerprint density at radius 3 is 2.51 bits per heavy atom. The van der Waals surface area contributed by atoms with Crippen LogP contribution in [0.1, 0.15) is 44.9 Å². The van der Waals surface area contributed by atoms with E-state index < -0.39 is 15.1 Å². The van der Waals surface area contributed by atoms with Crippen molar-refractivity contribution in [3.05, 3.63) is 49.9 Å². The normalized spacial score (nSPS) is 15.0. The predicted molar refractivity (Wildman–Crippen MR) is 163 cm³/mol. The van der Waals surface area contributed by atoms with Gasteiger partial charge in [-0.05, 0) is 38.0 Å². The molecule has 0 radical (unpaired) electrons. The molecule has 234 valence electrons. The number of hydrogen-bond acceptors (Lipinski definition) is 10. The summed E-state index contributed by atoms with van der Waals surface area (Å²) < 4.78 is 36.7. The minimum Gasteiger partial charge on any atom is -0.493 e. The molecule has 0 spiro atoms. The molecule has 0 atom stereocenters. The van der Waals surface area contributed by atoms with Crippen molar-refractivity contribution in [3.63, 3.8) is 0 Å². The van der Waals surface area contributed by atoms with Gasteiger partial charge < -0.3 is 19.1 Å². The Morgan fingerprint density at radius 2 is 1.88 bits per heavy atom. The van der Waals surface area contributed by atoms with Gasteiger partial charge in [-0.1, -0.05) is 20.3 Å². The summed E-state index contributed by atoms with van der Waals surface area (Å²) in [6.45, 7) is 8.45. The van der Waals surface area contributed by atoms with E-state index in [0.29, 0.717) is 61.6 Å². The monoisotopic (exact) mass is 617 g/mol. The minimum absolute atomic E-state index is 0.0537. The molecule has 0 aliphatic carbocycles. The number of aromatic amines is 1. The number of aliphatic imine (C=N–C) groups is 1. The SMILES string of the molecule is CCCOc1ccc(S(=O)(=O)N2CCN(CCO[N+](=O)[O-])CC2)cc1-c1nc2c(CCC)c(C=NC)n(CC)c2c(=O)[nH]1. The Bertz CT molecular complexity index is 1640. The van der Waals surface area contributed by atoms with Gasteiger partial charge in [0, 0.05) is 58.1 Å². The summed E-state index contributed by atoms with van der Waals surface area (Å²) in [7, 11) is -2.22. The molecule has 2 aromatic heterocycles. The summed E-state index contributed by atoms with van der Waals surface area (Å²) in [6.07, 6.45) is 4.01. The molecular weight excluding hydrogens is 578 g/mol. The number of fused-ring (bicyclic) bond motifs is 1. The quantitative estimate of drug-likeness (QED) is 0.163. The van der Waals surface area contributed by atoms with Gasteiger partial charge in [-0.15, -0.1) is 10.1 Å². The number of ether oxygens (including phenoxy) is 1. The average molecular weight is 618 g/mol. The van der Waals surface area contributed by atoms with Gasteiger partial charge in [-0.2, -0.15) is 4.31 Å². The number of hydrogen-bond donors (Lipinski definition) is 1. The largest absolute Gasteiger partial charge is 0.493 e. The van der Waals surface area contributed by atoms with Crippen LogP contribution in [0.3, 0.4) is 0 Å². The molecule has 1 N–H and O–H groups in total. The van der Waals surface area contributed by atoms with Gasteiger partial charge in [-0.25, -0.2) is 13.4 Å². The molecule has 1 saturated heterocycles. The number of nitrogens with zero attached hydrogens (tertiary/aromatic N) is 6. The highest BCUT2D eigenvalue weighted by molar-refractivity contribution is 7.89. The molecule has 1 aromatic carbocycles. The van der Waals surface area contributed by atoms with E-state index in [4.69, 9.17) is 9.72 Å². The lowest BCUT2D eigenvalue weighted by molar-refractivity contribution is -0.757. The first kappa shape index (κ1) is 32.1. The van der Waals surface area contributed by atoms with Crippen LogP contribution in [-0.2, 0) is 27.8 Å². The van der Waals surface area contributed by atoms with Crippen LogP contribution in [0.5, 0.6) is 5.75 Å². The summed E-state index contributed by atoms with van der Waals surface area (Å²) in [5, 5.41) is 9.58. The second-order valence-electron chi connectivity index (χ2n) is 10.2. The van der Waals surface area contributed by atoms with E-state index in [1.165, 1.54) is 16.4 Å². The van der Waals surface area contributed by atoms with E-state index in [-0.39, 0.29) is 36.0 Å². The van der Waals surface area contributed by atoms with Crippen molar-refractivity contribution in [2.24, 2.45) is 4.99 Å². The molecule has 4 rings (SSSR count). The van der Waals surface area contributed by atoms with E-state index in [9.17, 15) is 23.3 Å². The summed E-state index contributed by atoms with van der Waals surface area (Å²) >= 11 is 0. The van der Waals surface area contributed by atoms with Gasteiger partial charge in [0.2, 0.25) is 10.0 Å². The molecule has 1 aliphatic rings. The van der Waals surface area contributed by atoms with Crippen molar-refractivity contribution in [1.29, 1.82) is 0 Å². The highest BCUT2D eigenvalue weighted by Gasteiger charge is 2.30. The van der Waals surface area contributed by atoms with Crippen LogP contribution in [0, 0.1) is 10.1 Å². The van der Waals surface area contributed by atoms with Crippen molar-refractivity contribution in [2.45, 2.75) is 51.5 Å². The molecule has 14 nitrogen and oxygen atoms in total.